The number of ether oxygens (including phenoxy) is 3. The number of pyridine rings is 1. The van der Waals surface area contributed by atoms with E-state index in [2.05, 4.69) is 9.98 Å². The van der Waals surface area contributed by atoms with E-state index in [-0.39, 0.29) is 24.3 Å². The van der Waals surface area contributed by atoms with Crippen molar-refractivity contribution in [2.45, 2.75) is 17.9 Å². The molecule has 1 aromatic heterocycles. The highest BCUT2D eigenvalue weighted by atomic mass is 19.1. The summed E-state index contributed by atoms with van der Waals surface area (Å²) in [6.07, 6.45) is 5.66. The van der Waals surface area contributed by atoms with E-state index in [0.717, 1.165) is 12.0 Å². The van der Waals surface area contributed by atoms with Crippen molar-refractivity contribution in [3.8, 4) is 22.6 Å². The minimum Gasteiger partial charge on any atom is -0.501 e. The van der Waals surface area contributed by atoms with Gasteiger partial charge in [0.15, 0.2) is 17.1 Å². The molecule has 0 aliphatic carbocycles. The number of rotatable bonds is 2. The molecule has 3 aromatic rings. The molecule has 33 heavy (non-hydrogen) atoms. The summed E-state index contributed by atoms with van der Waals surface area (Å²) in [4.78, 5) is 8.36. The number of nitrogens with two attached hydrogens (primary N) is 1. The van der Waals surface area contributed by atoms with Crippen LogP contribution in [0.2, 0.25) is 0 Å². The van der Waals surface area contributed by atoms with E-state index in [1.165, 1.54) is 12.3 Å². The fraction of sp³-hybridized carbons (Fsp3) is 0.200. The van der Waals surface area contributed by atoms with Crippen molar-refractivity contribution in [2.75, 3.05) is 13.2 Å². The number of halogens is 2. The molecule has 1 unspecified atom stereocenters. The first-order valence-corrected chi connectivity index (χ1v) is 10.6. The average Bonchev–Trinajstić information content (AvgIpc) is 3.23. The number of amidine groups is 1. The van der Waals surface area contributed by atoms with Crippen LogP contribution in [0.1, 0.15) is 29.0 Å². The molecule has 2 atom stereocenters. The summed E-state index contributed by atoms with van der Waals surface area (Å²) >= 11 is 0. The molecule has 0 saturated carbocycles. The zero-order chi connectivity index (χ0) is 22.6. The number of benzene rings is 2. The van der Waals surface area contributed by atoms with Crippen LogP contribution in [0.15, 0.2) is 66.0 Å². The third-order valence-electron chi connectivity index (χ3n) is 6.33. The Kier molecular flexibility index (Phi) is 4.36. The number of aromatic nitrogens is 1. The van der Waals surface area contributed by atoms with Crippen molar-refractivity contribution >= 4 is 6.02 Å². The summed E-state index contributed by atoms with van der Waals surface area (Å²) in [6, 6.07) is 11.9. The lowest BCUT2D eigenvalue weighted by Crippen LogP contribution is -2.32. The predicted octanol–water partition coefficient (Wildman–Crippen LogP) is 4.74. The Balaban J connectivity index is 1.56. The zero-order valence-corrected chi connectivity index (χ0v) is 17.4. The first-order chi connectivity index (χ1) is 16.0. The maximum Gasteiger partial charge on any atom is 0.283 e. The molecule has 6 rings (SSSR count). The minimum atomic E-state index is -1.12. The normalized spacial score (nSPS) is 22.6. The first-order valence-electron chi connectivity index (χ1n) is 10.6. The third kappa shape index (κ3) is 3.05. The fourth-order valence-electron chi connectivity index (χ4n) is 4.70. The number of nitrogens with zero attached hydrogens (tertiary/aromatic N) is 2. The molecule has 1 spiro atoms. The molecule has 0 amide bonds. The van der Waals surface area contributed by atoms with Gasteiger partial charge in [-0.25, -0.2) is 14.4 Å². The Morgan fingerprint density at radius 1 is 1.09 bits per heavy atom. The molecule has 3 aliphatic rings. The molecule has 166 valence electrons. The topological polar surface area (TPSA) is 79.0 Å². The van der Waals surface area contributed by atoms with Gasteiger partial charge in [0.25, 0.3) is 6.02 Å². The monoisotopic (exact) mass is 447 g/mol. The molecule has 0 fully saturated rings. The second-order valence-corrected chi connectivity index (χ2v) is 8.23. The van der Waals surface area contributed by atoms with E-state index in [4.69, 9.17) is 19.9 Å². The molecule has 6 nitrogen and oxygen atoms in total. The summed E-state index contributed by atoms with van der Waals surface area (Å²) < 4.78 is 46.6. The Morgan fingerprint density at radius 2 is 2.00 bits per heavy atom. The van der Waals surface area contributed by atoms with Crippen LogP contribution in [-0.4, -0.2) is 24.2 Å². The summed E-state index contributed by atoms with van der Waals surface area (Å²) in [6.45, 7) is 0.631. The maximum atomic E-state index is 15.4. The highest BCUT2D eigenvalue weighted by Gasteiger charge is 2.48. The molecule has 2 aromatic carbocycles. The van der Waals surface area contributed by atoms with Gasteiger partial charge >= 0.3 is 0 Å². The molecular formula is C25H19F2N3O3. The van der Waals surface area contributed by atoms with Crippen molar-refractivity contribution in [2.24, 2.45) is 10.7 Å². The Labute approximate surface area is 188 Å². The summed E-state index contributed by atoms with van der Waals surface area (Å²) in [7, 11) is 0. The molecular weight excluding hydrogens is 428 g/mol. The van der Waals surface area contributed by atoms with Crippen LogP contribution in [0.25, 0.3) is 11.1 Å². The molecule has 2 N–H and O–H groups in total. The first kappa shape index (κ1) is 19.7. The van der Waals surface area contributed by atoms with Crippen molar-refractivity contribution in [3.63, 3.8) is 0 Å². The van der Waals surface area contributed by atoms with Crippen LogP contribution < -0.4 is 10.5 Å². The van der Waals surface area contributed by atoms with Crippen LogP contribution in [0.3, 0.4) is 0 Å². The Bertz CT molecular complexity index is 1340. The van der Waals surface area contributed by atoms with Gasteiger partial charge < -0.3 is 19.9 Å². The fourth-order valence-corrected chi connectivity index (χ4v) is 4.70. The molecule has 4 heterocycles. The van der Waals surface area contributed by atoms with E-state index in [0.29, 0.717) is 34.6 Å². The van der Waals surface area contributed by atoms with E-state index >= 15 is 4.39 Å². The smallest absolute Gasteiger partial charge is 0.283 e. The number of hydrogen-bond acceptors (Lipinski definition) is 6. The van der Waals surface area contributed by atoms with Gasteiger partial charge in [0.1, 0.15) is 12.4 Å². The molecule has 0 saturated heterocycles. The van der Waals surface area contributed by atoms with Crippen LogP contribution in [-0.2, 0) is 15.0 Å². The van der Waals surface area contributed by atoms with E-state index in [1.54, 1.807) is 36.6 Å². The van der Waals surface area contributed by atoms with E-state index < -0.39 is 17.3 Å². The highest BCUT2D eigenvalue weighted by molar-refractivity contribution is 5.78. The van der Waals surface area contributed by atoms with Crippen LogP contribution in [0.4, 0.5) is 8.78 Å². The van der Waals surface area contributed by atoms with E-state index in [9.17, 15) is 4.39 Å². The third-order valence-corrected chi connectivity index (χ3v) is 6.33. The van der Waals surface area contributed by atoms with Gasteiger partial charge in [-0.15, -0.1) is 0 Å². The summed E-state index contributed by atoms with van der Waals surface area (Å²) in [5.74, 6) is -0.583. The lowest BCUT2D eigenvalue weighted by Gasteiger charge is -2.34. The summed E-state index contributed by atoms with van der Waals surface area (Å²) in [5.41, 5.74) is 7.68. The van der Waals surface area contributed by atoms with Crippen molar-refractivity contribution < 1.29 is 23.0 Å². The number of allylic oxidation sites excluding steroid dienone is 1. The lowest BCUT2D eigenvalue weighted by atomic mass is 9.78. The lowest BCUT2D eigenvalue weighted by molar-refractivity contribution is 0.222. The van der Waals surface area contributed by atoms with E-state index in [1.807, 2.05) is 12.1 Å². The summed E-state index contributed by atoms with van der Waals surface area (Å²) in [5, 5.41) is 0. The largest absolute Gasteiger partial charge is 0.501 e. The number of fused-ring (bicyclic) bond motifs is 4. The van der Waals surface area contributed by atoms with Gasteiger partial charge in [-0.2, -0.15) is 4.39 Å². The molecule has 3 aliphatic heterocycles. The van der Waals surface area contributed by atoms with Crippen LogP contribution in [0.5, 0.6) is 11.5 Å². The van der Waals surface area contributed by atoms with Crippen molar-refractivity contribution in [1.82, 2.24) is 4.98 Å². The number of aliphatic imine (C=N–C) groups is 1. The van der Waals surface area contributed by atoms with Gasteiger partial charge in [-0.3, -0.25) is 0 Å². The van der Waals surface area contributed by atoms with Crippen molar-refractivity contribution in [3.05, 3.63) is 89.5 Å². The minimum absolute atomic E-state index is 0.00327. The average molecular weight is 447 g/mol. The van der Waals surface area contributed by atoms with Gasteiger partial charge in [-0.1, -0.05) is 6.07 Å². The molecule has 8 heteroatoms. The van der Waals surface area contributed by atoms with Gasteiger partial charge in [-0.05, 0) is 60.0 Å². The van der Waals surface area contributed by atoms with Crippen molar-refractivity contribution in [1.29, 1.82) is 0 Å². The second-order valence-electron chi connectivity index (χ2n) is 8.23. The maximum absolute atomic E-state index is 15.4. The predicted molar refractivity (Wildman–Crippen MR) is 117 cm³/mol. The molecule has 0 bridgehead atoms. The SMILES string of the molecule is NC1=N[C@@]2(CO1)c1cc(-c3cccnc3F)ccc1Oc1c(F)cc(C3C=COCC3)cc12. The number of hydrogen-bond donors (Lipinski definition) is 1. The zero-order valence-electron chi connectivity index (χ0n) is 17.4. The van der Waals surface area contributed by atoms with Crippen LogP contribution in [0, 0.1) is 11.8 Å². The Hall–Kier alpha value is -3.94. The van der Waals surface area contributed by atoms with Gasteiger partial charge in [0, 0.05) is 28.8 Å². The quantitative estimate of drug-likeness (QED) is 0.574. The molecule has 0 radical (unpaired) electrons. The van der Waals surface area contributed by atoms with Gasteiger partial charge in [0.2, 0.25) is 5.95 Å². The Morgan fingerprint density at radius 3 is 2.76 bits per heavy atom. The van der Waals surface area contributed by atoms with Gasteiger partial charge in [0.05, 0.1) is 12.9 Å². The second kappa shape index (κ2) is 7.30. The van der Waals surface area contributed by atoms with Crippen LogP contribution >= 0.6 is 0 Å². The standard InChI is InChI=1S/C25H19F2N3O3/c26-20-12-16(14-5-8-31-9-6-14)11-19-22(20)33-21-4-3-15(17-2-1-7-29-23(17)27)10-18(21)25(19)13-32-24(28)30-25/h1-5,7-8,10-12,14H,6,9,13H2,(H2,28,30)/t14?,25-/m0/s1. The highest BCUT2D eigenvalue weighted by Crippen LogP contribution is 2.53.